The maximum Gasteiger partial charge on any atom is 0.156 e. The second-order valence-electron chi connectivity index (χ2n) is 7.61. The predicted octanol–water partition coefficient (Wildman–Crippen LogP) is 5.84. The molecule has 2 aromatic carbocycles. The first kappa shape index (κ1) is 16.2. The number of anilines is 3. The normalized spacial score (nSPS) is 16.6. The number of benzene rings is 2. The molecule has 0 fully saturated rings. The van der Waals surface area contributed by atoms with Crippen LogP contribution in [0.5, 0.6) is 0 Å². The van der Waals surface area contributed by atoms with Gasteiger partial charge in [-0.05, 0) is 57.0 Å². The minimum atomic E-state index is 0.238. The Morgan fingerprint density at radius 1 is 0.926 bits per heavy atom. The number of nitrogens with zero attached hydrogens (tertiary/aromatic N) is 3. The highest BCUT2D eigenvalue weighted by Crippen LogP contribution is 2.47. The molecule has 4 heteroatoms. The number of aryl methyl sites for hydroxylation is 3. The van der Waals surface area contributed by atoms with E-state index in [4.69, 9.17) is 4.42 Å². The quantitative estimate of drug-likeness (QED) is 0.428. The van der Waals surface area contributed by atoms with Gasteiger partial charge in [-0.1, -0.05) is 12.1 Å². The molecular weight excluding hydrogens is 334 g/mol. The molecule has 0 unspecified atom stereocenters. The van der Waals surface area contributed by atoms with Gasteiger partial charge in [0.1, 0.15) is 11.7 Å². The number of furan rings is 1. The second-order valence-corrected chi connectivity index (χ2v) is 7.61. The van der Waals surface area contributed by atoms with Crippen LogP contribution in [0.4, 0.5) is 17.1 Å². The Morgan fingerprint density at radius 3 is 2.56 bits per heavy atom. The highest BCUT2D eigenvalue weighted by atomic mass is 16.3. The van der Waals surface area contributed by atoms with Crippen molar-refractivity contribution in [3.05, 3.63) is 59.4 Å². The fourth-order valence-corrected chi connectivity index (χ4v) is 4.22. The first-order chi connectivity index (χ1) is 13.0. The summed E-state index contributed by atoms with van der Waals surface area (Å²) in [4.78, 5) is 9.13. The molecule has 0 spiro atoms. The lowest BCUT2D eigenvalue weighted by Gasteiger charge is -2.29. The zero-order chi connectivity index (χ0) is 18.9. The number of hydrogen-bond donors (Lipinski definition) is 0. The van der Waals surface area contributed by atoms with E-state index in [1.807, 2.05) is 19.2 Å². The molecule has 1 aliphatic rings. The summed E-state index contributed by atoms with van der Waals surface area (Å²) in [5.41, 5.74) is 8.97. The Morgan fingerprint density at radius 2 is 1.74 bits per heavy atom. The minimum absolute atomic E-state index is 0.238. The van der Waals surface area contributed by atoms with Crippen molar-refractivity contribution in [3.63, 3.8) is 0 Å². The van der Waals surface area contributed by atoms with Crippen LogP contribution in [0.1, 0.15) is 23.7 Å². The molecule has 3 heterocycles. The third-order valence-corrected chi connectivity index (χ3v) is 5.86. The van der Waals surface area contributed by atoms with Crippen molar-refractivity contribution in [2.45, 2.75) is 33.9 Å². The van der Waals surface area contributed by atoms with Crippen molar-refractivity contribution in [2.75, 3.05) is 16.8 Å². The maximum atomic E-state index is 6.17. The average Bonchev–Trinajstić information content (AvgIpc) is 3.13. The molecule has 0 N–H and O–H groups in total. The molecule has 0 radical (unpaired) electrons. The number of hydrogen-bond acceptors (Lipinski definition) is 4. The molecule has 0 amide bonds. The van der Waals surface area contributed by atoms with Gasteiger partial charge in [0, 0.05) is 35.8 Å². The smallest absolute Gasteiger partial charge is 0.156 e. The van der Waals surface area contributed by atoms with E-state index in [0.717, 1.165) is 27.6 Å². The summed E-state index contributed by atoms with van der Waals surface area (Å²) in [5.74, 6) is 0. The molecule has 136 valence electrons. The largest absolute Gasteiger partial charge is 0.454 e. The van der Waals surface area contributed by atoms with Crippen molar-refractivity contribution in [1.82, 2.24) is 4.98 Å². The van der Waals surface area contributed by atoms with Crippen LogP contribution in [0.3, 0.4) is 0 Å². The lowest BCUT2D eigenvalue weighted by atomic mass is 10.1. The van der Waals surface area contributed by atoms with Gasteiger partial charge in [-0.3, -0.25) is 4.98 Å². The first-order valence-corrected chi connectivity index (χ1v) is 9.37. The number of aromatic nitrogens is 1. The van der Waals surface area contributed by atoms with Gasteiger partial charge in [0.15, 0.2) is 5.58 Å². The van der Waals surface area contributed by atoms with Gasteiger partial charge < -0.3 is 14.2 Å². The fraction of sp³-hybridized carbons (Fsp3) is 0.261. The van der Waals surface area contributed by atoms with Crippen LogP contribution >= 0.6 is 0 Å². The summed E-state index contributed by atoms with van der Waals surface area (Å²) in [6.45, 7) is 8.57. The van der Waals surface area contributed by atoms with Crippen molar-refractivity contribution in [1.29, 1.82) is 0 Å². The predicted molar refractivity (Wildman–Crippen MR) is 112 cm³/mol. The van der Waals surface area contributed by atoms with Crippen LogP contribution in [0, 0.1) is 20.8 Å². The van der Waals surface area contributed by atoms with E-state index in [2.05, 4.69) is 72.9 Å². The molecule has 0 saturated heterocycles. The second kappa shape index (κ2) is 5.49. The summed E-state index contributed by atoms with van der Waals surface area (Å²) in [5, 5.41) is 2.27. The molecule has 0 saturated carbocycles. The summed E-state index contributed by atoms with van der Waals surface area (Å²) in [6.07, 6.45) is 2.10. The van der Waals surface area contributed by atoms with Crippen LogP contribution in [0.2, 0.25) is 0 Å². The van der Waals surface area contributed by atoms with E-state index < -0.39 is 0 Å². The van der Waals surface area contributed by atoms with Gasteiger partial charge in [0.2, 0.25) is 0 Å². The monoisotopic (exact) mass is 357 g/mol. The third-order valence-electron chi connectivity index (χ3n) is 5.86. The van der Waals surface area contributed by atoms with Crippen LogP contribution in [-0.4, -0.2) is 18.2 Å². The Hall–Kier alpha value is -3.01. The van der Waals surface area contributed by atoms with Crippen LogP contribution in [0.15, 0.2) is 47.0 Å². The highest BCUT2D eigenvalue weighted by Gasteiger charge is 2.33. The van der Waals surface area contributed by atoms with Gasteiger partial charge in [-0.15, -0.1) is 0 Å². The van der Waals surface area contributed by atoms with Gasteiger partial charge in [0.25, 0.3) is 0 Å². The lowest BCUT2D eigenvalue weighted by Crippen LogP contribution is -2.35. The molecule has 0 aliphatic carbocycles. The minimum Gasteiger partial charge on any atom is -0.454 e. The number of fused-ring (bicyclic) bond motifs is 4. The third kappa shape index (κ3) is 2.19. The van der Waals surface area contributed by atoms with E-state index in [0.29, 0.717) is 0 Å². The molecule has 4 nitrogen and oxygen atoms in total. The molecule has 1 aliphatic heterocycles. The lowest BCUT2D eigenvalue weighted by molar-refractivity contribution is 0.662. The molecular formula is C23H23N3O. The zero-order valence-electron chi connectivity index (χ0n) is 16.4. The summed E-state index contributed by atoms with van der Waals surface area (Å²) in [6, 6.07) is 13.2. The summed E-state index contributed by atoms with van der Waals surface area (Å²) < 4.78 is 6.17. The van der Waals surface area contributed by atoms with Crippen LogP contribution < -0.4 is 9.80 Å². The molecule has 27 heavy (non-hydrogen) atoms. The van der Waals surface area contributed by atoms with Gasteiger partial charge >= 0.3 is 0 Å². The van der Waals surface area contributed by atoms with Gasteiger partial charge in [0.05, 0.1) is 17.1 Å². The topological polar surface area (TPSA) is 32.5 Å². The highest BCUT2D eigenvalue weighted by molar-refractivity contribution is 6.09. The number of rotatable bonds is 1. The average molecular weight is 357 g/mol. The first-order valence-electron chi connectivity index (χ1n) is 9.37. The molecule has 4 aromatic rings. The molecule has 5 rings (SSSR count). The maximum absolute atomic E-state index is 6.17. The van der Waals surface area contributed by atoms with Crippen LogP contribution in [-0.2, 0) is 0 Å². The van der Waals surface area contributed by atoms with Crippen molar-refractivity contribution >= 4 is 39.0 Å². The van der Waals surface area contributed by atoms with Crippen molar-refractivity contribution in [2.24, 2.45) is 0 Å². The van der Waals surface area contributed by atoms with E-state index in [-0.39, 0.29) is 6.17 Å². The van der Waals surface area contributed by atoms with Crippen molar-refractivity contribution in [3.8, 4) is 0 Å². The SMILES string of the molecule is Cc1ccc(C)c(N2c3cc4c(cc3N(C)[C@@H]2C)oc2c(C)nccc24)c1. The van der Waals surface area contributed by atoms with E-state index in [1.165, 1.54) is 28.2 Å². The molecule has 2 aromatic heterocycles. The fourth-order valence-electron chi connectivity index (χ4n) is 4.22. The Labute approximate surface area is 159 Å². The Kier molecular flexibility index (Phi) is 3.29. The number of pyridine rings is 1. The standard InChI is InChI=1S/C23H23N3O/c1-13-6-7-14(2)19(10-13)26-16(4)25(5)20-12-22-18(11-21(20)26)17-8-9-24-15(3)23(17)27-22/h6-12,16H,1-5H3/t16-/m0/s1. The van der Waals surface area contributed by atoms with Gasteiger partial charge in [-0.2, -0.15) is 0 Å². The Bertz CT molecular complexity index is 1210. The van der Waals surface area contributed by atoms with E-state index >= 15 is 0 Å². The van der Waals surface area contributed by atoms with Crippen LogP contribution in [0.25, 0.3) is 21.9 Å². The van der Waals surface area contributed by atoms with Gasteiger partial charge in [-0.25, -0.2) is 0 Å². The van der Waals surface area contributed by atoms with Crippen molar-refractivity contribution < 1.29 is 4.42 Å². The molecule has 0 bridgehead atoms. The van der Waals surface area contributed by atoms with E-state index in [9.17, 15) is 0 Å². The molecule has 1 atom stereocenters. The summed E-state index contributed by atoms with van der Waals surface area (Å²) >= 11 is 0. The zero-order valence-corrected chi connectivity index (χ0v) is 16.4. The van der Waals surface area contributed by atoms with E-state index in [1.54, 1.807) is 0 Å². The Balaban J connectivity index is 1.81. The summed E-state index contributed by atoms with van der Waals surface area (Å²) in [7, 11) is 2.15.